The van der Waals surface area contributed by atoms with Gasteiger partial charge in [0.05, 0.1) is 16.1 Å². The van der Waals surface area contributed by atoms with Crippen molar-refractivity contribution in [3.8, 4) is 0 Å². The maximum absolute atomic E-state index is 13.0. The molecule has 0 bridgehead atoms. The van der Waals surface area contributed by atoms with Crippen LogP contribution in [0.2, 0.25) is 10.0 Å². The first-order valence-electron chi connectivity index (χ1n) is 6.17. The summed E-state index contributed by atoms with van der Waals surface area (Å²) in [4.78, 5) is 1.96. The van der Waals surface area contributed by atoms with Crippen LogP contribution in [0.4, 0.5) is 10.1 Å². The zero-order valence-electron chi connectivity index (χ0n) is 11.0. The van der Waals surface area contributed by atoms with Crippen LogP contribution in [0, 0.1) is 5.82 Å². The smallest absolute Gasteiger partial charge is 0.123 e. The molecule has 106 valence electrons. The molecule has 2 nitrogen and oxygen atoms in total. The molecule has 0 saturated carbocycles. The number of anilines is 1. The quantitative estimate of drug-likeness (QED) is 0.913. The summed E-state index contributed by atoms with van der Waals surface area (Å²) in [6, 6.07) is 11.6. The third kappa shape index (κ3) is 3.06. The number of halogens is 3. The zero-order valence-corrected chi connectivity index (χ0v) is 12.5. The zero-order chi connectivity index (χ0) is 14.7. The number of likely N-dealkylation sites (N-methyl/N-ethyl adjacent to an activating group) is 1. The summed E-state index contributed by atoms with van der Waals surface area (Å²) in [5, 5.41) is 0.994. The lowest BCUT2D eigenvalue weighted by molar-refractivity contribution is 0.626. The summed E-state index contributed by atoms with van der Waals surface area (Å²) in [6.07, 6.45) is 0. The molecule has 1 unspecified atom stereocenters. The number of nitrogens with zero attached hydrogens (tertiary/aromatic N) is 1. The van der Waals surface area contributed by atoms with Gasteiger partial charge in [-0.3, -0.25) is 0 Å². The fourth-order valence-corrected chi connectivity index (χ4v) is 2.56. The monoisotopic (exact) mass is 312 g/mol. The Morgan fingerprint density at radius 3 is 2.40 bits per heavy atom. The predicted octanol–water partition coefficient (Wildman–Crippen LogP) is 4.27. The van der Waals surface area contributed by atoms with E-state index in [1.807, 2.05) is 24.1 Å². The summed E-state index contributed by atoms with van der Waals surface area (Å²) in [5.74, 6) is -0.271. The Morgan fingerprint density at radius 1 is 1.15 bits per heavy atom. The highest BCUT2D eigenvalue weighted by atomic mass is 35.5. The van der Waals surface area contributed by atoms with Gasteiger partial charge in [-0.25, -0.2) is 4.39 Å². The highest BCUT2D eigenvalue weighted by Crippen LogP contribution is 2.33. The number of nitrogens with two attached hydrogens (primary N) is 1. The molecule has 0 heterocycles. The Morgan fingerprint density at radius 2 is 1.80 bits per heavy atom. The van der Waals surface area contributed by atoms with Crippen molar-refractivity contribution in [2.45, 2.75) is 6.04 Å². The Kier molecular flexibility index (Phi) is 4.86. The van der Waals surface area contributed by atoms with E-state index in [1.54, 1.807) is 18.2 Å². The lowest BCUT2D eigenvalue weighted by Gasteiger charge is -2.30. The normalized spacial score (nSPS) is 12.2. The van der Waals surface area contributed by atoms with Gasteiger partial charge < -0.3 is 10.6 Å². The van der Waals surface area contributed by atoms with Crippen LogP contribution >= 0.6 is 23.2 Å². The SMILES string of the molecule is CN(c1ccc(F)cc1)C(CN)c1cccc(Cl)c1Cl. The van der Waals surface area contributed by atoms with E-state index in [-0.39, 0.29) is 11.9 Å². The van der Waals surface area contributed by atoms with E-state index < -0.39 is 0 Å². The second-order valence-electron chi connectivity index (χ2n) is 4.48. The second-order valence-corrected chi connectivity index (χ2v) is 5.27. The lowest BCUT2D eigenvalue weighted by Crippen LogP contribution is -2.30. The molecule has 1 atom stereocenters. The van der Waals surface area contributed by atoms with Crippen LogP contribution in [0.3, 0.4) is 0 Å². The minimum absolute atomic E-state index is 0.133. The third-order valence-corrected chi connectivity index (χ3v) is 4.10. The van der Waals surface area contributed by atoms with Crippen LogP contribution < -0.4 is 10.6 Å². The number of hydrogen-bond acceptors (Lipinski definition) is 2. The molecule has 0 aliphatic heterocycles. The lowest BCUT2D eigenvalue weighted by atomic mass is 10.0. The van der Waals surface area contributed by atoms with Crippen molar-refractivity contribution in [1.29, 1.82) is 0 Å². The van der Waals surface area contributed by atoms with Crippen molar-refractivity contribution >= 4 is 28.9 Å². The molecule has 20 heavy (non-hydrogen) atoms. The first kappa shape index (κ1) is 15.1. The Hall–Kier alpha value is -1.29. The molecule has 2 aromatic carbocycles. The first-order valence-corrected chi connectivity index (χ1v) is 6.92. The largest absolute Gasteiger partial charge is 0.366 e. The van der Waals surface area contributed by atoms with Gasteiger partial charge in [-0.2, -0.15) is 0 Å². The van der Waals surface area contributed by atoms with Gasteiger partial charge in [-0.1, -0.05) is 35.3 Å². The molecule has 5 heteroatoms. The predicted molar refractivity (Wildman–Crippen MR) is 83.1 cm³/mol. The van der Waals surface area contributed by atoms with Gasteiger partial charge in [0.15, 0.2) is 0 Å². The van der Waals surface area contributed by atoms with E-state index >= 15 is 0 Å². The van der Waals surface area contributed by atoms with Gasteiger partial charge in [0.2, 0.25) is 0 Å². The molecule has 0 spiro atoms. The average molecular weight is 313 g/mol. The van der Waals surface area contributed by atoms with Crippen LogP contribution in [-0.4, -0.2) is 13.6 Å². The summed E-state index contributed by atoms with van der Waals surface area (Å²) in [7, 11) is 1.89. The number of hydrogen-bond donors (Lipinski definition) is 1. The van der Waals surface area contributed by atoms with E-state index in [0.29, 0.717) is 16.6 Å². The van der Waals surface area contributed by atoms with Crippen LogP contribution in [0.25, 0.3) is 0 Å². The van der Waals surface area contributed by atoms with Crippen molar-refractivity contribution in [3.05, 3.63) is 63.9 Å². The highest BCUT2D eigenvalue weighted by Gasteiger charge is 2.19. The van der Waals surface area contributed by atoms with E-state index in [1.165, 1.54) is 12.1 Å². The van der Waals surface area contributed by atoms with E-state index in [0.717, 1.165) is 11.3 Å². The molecule has 0 radical (unpaired) electrons. The Labute approximate surface area is 127 Å². The summed E-state index contributed by atoms with van der Waals surface area (Å²) < 4.78 is 13.0. The van der Waals surface area contributed by atoms with E-state index in [2.05, 4.69) is 0 Å². The minimum Gasteiger partial charge on any atom is -0.366 e. The van der Waals surface area contributed by atoms with Crippen LogP contribution in [0.15, 0.2) is 42.5 Å². The number of rotatable bonds is 4. The Bertz CT molecular complexity index is 587. The molecular weight excluding hydrogens is 298 g/mol. The molecular formula is C15H15Cl2FN2. The van der Waals surface area contributed by atoms with Crippen LogP contribution in [0.1, 0.15) is 11.6 Å². The molecule has 0 aromatic heterocycles. The van der Waals surface area contributed by atoms with Gasteiger partial charge in [0.1, 0.15) is 5.82 Å². The molecule has 0 fully saturated rings. The van der Waals surface area contributed by atoms with Gasteiger partial charge in [-0.05, 0) is 35.9 Å². The third-order valence-electron chi connectivity index (χ3n) is 3.27. The minimum atomic E-state index is -0.271. The van der Waals surface area contributed by atoms with Crippen molar-refractivity contribution in [1.82, 2.24) is 0 Å². The standard InChI is InChI=1S/C15H15Cl2FN2/c1-20(11-7-5-10(18)6-8-11)14(9-19)12-3-2-4-13(16)15(12)17/h2-8,14H,9,19H2,1H3. The van der Waals surface area contributed by atoms with Crippen molar-refractivity contribution in [2.24, 2.45) is 5.73 Å². The van der Waals surface area contributed by atoms with Crippen molar-refractivity contribution < 1.29 is 4.39 Å². The van der Waals surface area contributed by atoms with Gasteiger partial charge in [0, 0.05) is 19.3 Å². The van der Waals surface area contributed by atoms with Crippen molar-refractivity contribution in [3.63, 3.8) is 0 Å². The number of benzene rings is 2. The van der Waals surface area contributed by atoms with Crippen LogP contribution in [-0.2, 0) is 0 Å². The molecule has 0 aliphatic rings. The maximum Gasteiger partial charge on any atom is 0.123 e. The van der Waals surface area contributed by atoms with Gasteiger partial charge >= 0.3 is 0 Å². The molecule has 0 saturated heterocycles. The van der Waals surface area contributed by atoms with Gasteiger partial charge in [-0.15, -0.1) is 0 Å². The first-order chi connectivity index (χ1) is 9.54. The summed E-state index contributed by atoms with van der Waals surface area (Å²) >= 11 is 12.3. The van der Waals surface area contributed by atoms with E-state index in [4.69, 9.17) is 28.9 Å². The fourth-order valence-electron chi connectivity index (χ4n) is 2.13. The molecule has 0 aliphatic carbocycles. The summed E-state index contributed by atoms with van der Waals surface area (Å²) in [5.41, 5.74) is 7.59. The molecule has 2 aromatic rings. The van der Waals surface area contributed by atoms with Gasteiger partial charge in [0.25, 0.3) is 0 Å². The molecule has 2 rings (SSSR count). The molecule has 2 N–H and O–H groups in total. The fraction of sp³-hybridized carbons (Fsp3) is 0.200. The summed E-state index contributed by atoms with van der Waals surface area (Å²) in [6.45, 7) is 0.369. The molecule has 0 amide bonds. The van der Waals surface area contributed by atoms with Crippen LogP contribution in [0.5, 0.6) is 0 Å². The van der Waals surface area contributed by atoms with Crippen molar-refractivity contribution in [2.75, 3.05) is 18.5 Å². The average Bonchev–Trinajstić information content (AvgIpc) is 2.45. The van der Waals surface area contributed by atoms with E-state index in [9.17, 15) is 4.39 Å². The Balaban J connectivity index is 2.36. The highest BCUT2D eigenvalue weighted by molar-refractivity contribution is 6.42. The maximum atomic E-state index is 13.0. The second kappa shape index (κ2) is 6.44. The topological polar surface area (TPSA) is 29.3 Å².